The van der Waals surface area contributed by atoms with Crippen LogP contribution in [0.5, 0.6) is 0 Å². The number of hydrogen-bond donors (Lipinski definition) is 1. The molecule has 0 saturated heterocycles. The van der Waals surface area contributed by atoms with Gasteiger partial charge in [-0.2, -0.15) is 0 Å². The number of anilines is 1. The SMILES string of the molecule is Cc1ccccc1-n1c(C)nnc1SCC(=O)Nc1cc(Cl)ccc1Cl. The third-order valence-corrected chi connectivity index (χ3v) is 5.18. The second-order valence-corrected chi connectivity index (χ2v) is 7.40. The Labute approximate surface area is 165 Å². The summed E-state index contributed by atoms with van der Waals surface area (Å²) in [5.74, 6) is 0.739. The fourth-order valence-electron chi connectivity index (χ4n) is 2.44. The maximum atomic E-state index is 12.3. The van der Waals surface area contributed by atoms with Crippen LogP contribution in [0.25, 0.3) is 5.69 Å². The summed E-state index contributed by atoms with van der Waals surface area (Å²) in [6.45, 7) is 3.91. The highest BCUT2D eigenvalue weighted by Crippen LogP contribution is 2.27. The molecule has 0 bridgehead atoms. The molecular weight excluding hydrogens is 391 g/mol. The molecule has 3 aromatic rings. The Bertz CT molecular complexity index is 958. The summed E-state index contributed by atoms with van der Waals surface area (Å²) in [6, 6.07) is 12.9. The molecule has 0 atom stereocenters. The zero-order valence-corrected chi connectivity index (χ0v) is 16.5. The fourth-order valence-corrected chi connectivity index (χ4v) is 3.57. The van der Waals surface area contributed by atoms with E-state index in [1.807, 2.05) is 42.7 Å². The van der Waals surface area contributed by atoms with Crippen LogP contribution in [0.15, 0.2) is 47.6 Å². The number of benzene rings is 2. The number of nitrogens with one attached hydrogen (secondary N) is 1. The Morgan fingerprint density at radius 3 is 2.69 bits per heavy atom. The maximum absolute atomic E-state index is 12.3. The summed E-state index contributed by atoms with van der Waals surface area (Å²) in [5, 5.41) is 12.7. The summed E-state index contributed by atoms with van der Waals surface area (Å²) in [5.41, 5.74) is 2.59. The molecule has 2 aromatic carbocycles. The van der Waals surface area contributed by atoms with Crippen LogP contribution in [0, 0.1) is 13.8 Å². The van der Waals surface area contributed by atoms with Crippen molar-refractivity contribution in [3.05, 3.63) is 63.9 Å². The summed E-state index contributed by atoms with van der Waals surface area (Å²) in [6.07, 6.45) is 0. The summed E-state index contributed by atoms with van der Waals surface area (Å²) in [7, 11) is 0. The Kier molecular flexibility index (Phi) is 5.86. The van der Waals surface area contributed by atoms with Gasteiger partial charge in [-0.15, -0.1) is 10.2 Å². The number of para-hydroxylation sites is 1. The van der Waals surface area contributed by atoms with E-state index in [1.165, 1.54) is 11.8 Å². The average molecular weight is 407 g/mol. The molecular formula is C18H16Cl2N4OS. The van der Waals surface area contributed by atoms with Gasteiger partial charge in [0.15, 0.2) is 5.16 Å². The molecule has 1 amide bonds. The van der Waals surface area contributed by atoms with Gasteiger partial charge in [-0.05, 0) is 43.7 Å². The second-order valence-electron chi connectivity index (χ2n) is 5.61. The van der Waals surface area contributed by atoms with E-state index in [1.54, 1.807) is 18.2 Å². The first-order chi connectivity index (χ1) is 12.5. The fraction of sp³-hybridized carbons (Fsp3) is 0.167. The Hall–Kier alpha value is -2.02. The van der Waals surface area contributed by atoms with Gasteiger partial charge in [0.2, 0.25) is 5.91 Å². The van der Waals surface area contributed by atoms with Crippen molar-refractivity contribution in [3.8, 4) is 5.69 Å². The molecule has 0 aliphatic carbocycles. The van der Waals surface area contributed by atoms with E-state index in [9.17, 15) is 4.79 Å². The van der Waals surface area contributed by atoms with Crippen molar-refractivity contribution >= 4 is 46.6 Å². The predicted octanol–water partition coefficient (Wildman–Crippen LogP) is 4.92. The lowest BCUT2D eigenvalue weighted by atomic mass is 10.2. The van der Waals surface area contributed by atoms with Crippen molar-refractivity contribution in [2.45, 2.75) is 19.0 Å². The number of nitrogens with zero attached hydrogens (tertiary/aromatic N) is 3. The number of aromatic nitrogens is 3. The van der Waals surface area contributed by atoms with Crippen LogP contribution in [-0.2, 0) is 4.79 Å². The van der Waals surface area contributed by atoms with Crippen molar-refractivity contribution in [1.29, 1.82) is 0 Å². The molecule has 0 fully saturated rings. The van der Waals surface area contributed by atoms with Crippen molar-refractivity contribution in [3.63, 3.8) is 0 Å². The van der Waals surface area contributed by atoms with Gasteiger partial charge in [-0.25, -0.2) is 0 Å². The normalized spacial score (nSPS) is 10.8. The lowest BCUT2D eigenvalue weighted by Crippen LogP contribution is -2.15. The topological polar surface area (TPSA) is 59.8 Å². The molecule has 0 radical (unpaired) electrons. The van der Waals surface area contributed by atoms with E-state index in [0.29, 0.717) is 20.9 Å². The van der Waals surface area contributed by atoms with E-state index >= 15 is 0 Å². The number of aryl methyl sites for hydroxylation is 2. The van der Waals surface area contributed by atoms with Gasteiger partial charge in [-0.1, -0.05) is 53.2 Å². The molecule has 1 heterocycles. The molecule has 0 saturated carbocycles. The Balaban J connectivity index is 1.74. The van der Waals surface area contributed by atoms with E-state index in [4.69, 9.17) is 23.2 Å². The quantitative estimate of drug-likeness (QED) is 0.610. The predicted molar refractivity (Wildman–Crippen MR) is 107 cm³/mol. The molecule has 1 aromatic heterocycles. The molecule has 0 aliphatic heterocycles. The van der Waals surface area contributed by atoms with E-state index in [2.05, 4.69) is 15.5 Å². The number of halogens is 2. The van der Waals surface area contributed by atoms with E-state index < -0.39 is 0 Å². The minimum Gasteiger partial charge on any atom is -0.324 e. The first-order valence-electron chi connectivity index (χ1n) is 7.81. The summed E-state index contributed by atoms with van der Waals surface area (Å²) in [4.78, 5) is 12.3. The highest BCUT2D eigenvalue weighted by atomic mass is 35.5. The number of hydrogen-bond acceptors (Lipinski definition) is 4. The molecule has 0 aliphatic rings. The highest BCUT2D eigenvalue weighted by molar-refractivity contribution is 7.99. The number of carbonyl (C=O) groups excluding carboxylic acids is 1. The van der Waals surface area contributed by atoms with Gasteiger partial charge in [0, 0.05) is 5.02 Å². The zero-order chi connectivity index (χ0) is 18.7. The smallest absolute Gasteiger partial charge is 0.234 e. The molecule has 0 unspecified atom stereocenters. The van der Waals surface area contributed by atoms with Gasteiger partial charge < -0.3 is 5.32 Å². The number of rotatable bonds is 5. The van der Waals surface area contributed by atoms with Gasteiger partial charge >= 0.3 is 0 Å². The lowest BCUT2D eigenvalue weighted by Gasteiger charge is -2.11. The van der Waals surface area contributed by atoms with Gasteiger partial charge in [-0.3, -0.25) is 9.36 Å². The van der Waals surface area contributed by atoms with E-state index in [-0.39, 0.29) is 11.7 Å². The van der Waals surface area contributed by atoms with Crippen molar-refractivity contribution in [2.24, 2.45) is 0 Å². The monoisotopic (exact) mass is 406 g/mol. The van der Waals surface area contributed by atoms with Crippen LogP contribution in [0.3, 0.4) is 0 Å². The van der Waals surface area contributed by atoms with Gasteiger partial charge in [0.05, 0.1) is 22.2 Å². The Morgan fingerprint density at radius 1 is 1.15 bits per heavy atom. The molecule has 26 heavy (non-hydrogen) atoms. The van der Waals surface area contributed by atoms with Crippen molar-refractivity contribution in [2.75, 3.05) is 11.1 Å². The molecule has 8 heteroatoms. The zero-order valence-electron chi connectivity index (χ0n) is 14.2. The Morgan fingerprint density at radius 2 is 1.92 bits per heavy atom. The van der Waals surface area contributed by atoms with E-state index in [0.717, 1.165) is 17.1 Å². The number of amides is 1. The summed E-state index contributed by atoms with van der Waals surface area (Å²) >= 11 is 13.3. The summed E-state index contributed by atoms with van der Waals surface area (Å²) < 4.78 is 1.94. The van der Waals surface area contributed by atoms with Crippen molar-refractivity contribution in [1.82, 2.24) is 14.8 Å². The van der Waals surface area contributed by atoms with Crippen LogP contribution in [0.2, 0.25) is 10.0 Å². The van der Waals surface area contributed by atoms with Crippen LogP contribution in [0.1, 0.15) is 11.4 Å². The van der Waals surface area contributed by atoms with Crippen LogP contribution in [-0.4, -0.2) is 26.4 Å². The largest absolute Gasteiger partial charge is 0.324 e. The first kappa shape index (κ1) is 18.8. The minimum absolute atomic E-state index is 0.173. The average Bonchev–Trinajstić information content (AvgIpc) is 2.97. The third kappa shape index (κ3) is 4.20. The molecule has 3 rings (SSSR count). The van der Waals surface area contributed by atoms with Gasteiger partial charge in [0.25, 0.3) is 0 Å². The molecule has 1 N–H and O–H groups in total. The molecule has 5 nitrogen and oxygen atoms in total. The van der Waals surface area contributed by atoms with Gasteiger partial charge in [0.1, 0.15) is 5.82 Å². The number of carbonyl (C=O) groups is 1. The standard InChI is InChI=1S/C18H16Cl2N4OS/c1-11-5-3-4-6-16(11)24-12(2)22-23-18(24)26-10-17(25)21-15-9-13(19)7-8-14(15)20/h3-9H,10H2,1-2H3,(H,21,25). The second kappa shape index (κ2) is 8.12. The minimum atomic E-state index is -0.198. The first-order valence-corrected chi connectivity index (χ1v) is 9.55. The number of thioether (sulfide) groups is 1. The van der Waals surface area contributed by atoms with Crippen LogP contribution >= 0.6 is 35.0 Å². The van der Waals surface area contributed by atoms with Crippen LogP contribution in [0.4, 0.5) is 5.69 Å². The lowest BCUT2D eigenvalue weighted by molar-refractivity contribution is -0.113. The third-order valence-electron chi connectivity index (χ3n) is 3.69. The van der Waals surface area contributed by atoms with Crippen molar-refractivity contribution < 1.29 is 4.79 Å². The molecule has 134 valence electrons. The maximum Gasteiger partial charge on any atom is 0.234 e. The molecule has 0 spiro atoms. The van der Waals surface area contributed by atoms with Crippen LogP contribution < -0.4 is 5.32 Å². The highest BCUT2D eigenvalue weighted by Gasteiger charge is 2.15.